The van der Waals surface area contributed by atoms with Crippen molar-refractivity contribution in [1.29, 1.82) is 0 Å². The molecule has 1 amide bonds. The maximum Gasteiger partial charge on any atom is 0.264 e. The van der Waals surface area contributed by atoms with Gasteiger partial charge in [0.15, 0.2) is 0 Å². The number of carbonyl (C=O) groups is 1. The van der Waals surface area contributed by atoms with E-state index in [0.29, 0.717) is 5.56 Å². The molecule has 1 aliphatic heterocycles. The van der Waals surface area contributed by atoms with Gasteiger partial charge in [-0.05, 0) is 143 Å². The maximum atomic E-state index is 13.4. The minimum atomic E-state index is -4.08. The highest BCUT2D eigenvalue weighted by atomic mass is 35.5. The number of carbonyl (C=O) groups excluding carboxylic acids is 1. The maximum absolute atomic E-state index is 13.4. The molecule has 1 atom stereocenters. The Morgan fingerprint density at radius 1 is 0.873 bits per heavy atom. The molecular weight excluding hydrogens is 746 g/mol. The van der Waals surface area contributed by atoms with Gasteiger partial charge in [-0.25, -0.2) is 13.1 Å². The Morgan fingerprint density at radius 3 is 2.27 bits per heavy atom. The number of rotatable bonds is 15. The Labute approximate surface area is 337 Å². The number of sulfonamides is 1. The van der Waals surface area contributed by atoms with Gasteiger partial charge in [0, 0.05) is 71.4 Å². The van der Waals surface area contributed by atoms with Crippen LogP contribution in [0.4, 0.5) is 11.4 Å². The number of piperazine rings is 1. The molecule has 0 saturated carbocycles. The smallest absolute Gasteiger partial charge is 0.264 e. The van der Waals surface area contributed by atoms with Crippen molar-refractivity contribution in [2.24, 2.45) is 0 Å². The first-order chi connectivity index (χ1) is 26.5. The van der Waals surface area contributed by atoms with Crippen LogP contribution in [0.25, 0.3) is 5.57 Å². The molecule has 8 nitrogen and oxygen atoms in total. The molecule has 0 spiro atoms. The summed E-state index contributed by atoms with van der Waals surface area (Å²) < 4.78 is 29.0. The molecule has 4 aromatic rings. The number of amides is 1. The lowest BCUT2D eigenvalue weighted by molar-refractivity contribution is 0.0981. The predicted molar refractivity (Wildman–Crippen MR) is 230 cm³/mol. The second kappa shape index (κ2) is 19.4. The number of nitrogens with zero attached hydrogens (tertiary/aromatic N) is 3. The van der Waals surface area contributed by atoms with E-state index in [9.17, 15) is 13.2 Å². The number of anilines is 2. The van der Waals surface area contributed by atoms with E-state index in [-0.39, 0.29) is 10.9 Å². The SMILES string of the molecule is Cc1cc(S(=O)(=O)NC(=O)c2ccc(N3CCN(CC4=C(c5ccc(Cl)cc5)CCCCC4)CC3)cc2)ccc1N[C@H](CCN(C)C)CSc1ccccc1. The fourth-order valence-electron chi connectivity index (χ4n) is 7.33. The molecular formula is C44H54ClN5O3S2. The Hall–Kier alpha value is -3.80. The third-order valence-electron chi connectivity index (χ3n) is 10.5. The van der Waals surface area contributed by atoms with Gasteiger partial charge < -0.3 is 15.1 Å². The number of nitrogens with one attached hydrogen (secondary N) is 2. The average molecular weight is 801 g/mol. The third-order valence-corrected chi connectivity index (χ3v) is 13.3. The van der Waals surface area contributed by atoms with E-state index in [1.165, 1.54) is 35.3 Å². The number of thioether (sulfide) groups is 1. The molecule has 11 heteroatoms. The van der Waals surface area contributed by atoms with Crippen LogP contribution < -0.4 is 14.9 Å². The number of aryl methyl sites for hydroxylation is 1. The van der Waals surface area contributed by atoms with Gasteiger partial charge in [-0.15, -0.1) is 11.8 Å². The summed E-state index contributed by atoms with van der Waals surface area (Å²) in [5.41, 5.74) is 7.35. The van der Waals surface area contributed by atoms with Crippen LogP contribution in [0.2, 0.25) is 5.02 Å². The zero-order chi connectivity index (χ0) is 38.8. The topological polar surface area (TPSA) is 85.0 Å². The molecule has 0 bridgehead atoms. The van der Waals surface area contributed by atoms with Gasteiger partial charge >= 0.3 is 0 Å². The van der Waals surface area contributed by atoms with Crippen LogP contribution in [-0.4, -0.2) is 89.3 Å². The van der Waals surface area contributed by atoms with Crippen LogP contribution in [0.3, 0.4) is 0 Å². The number of hydrogen-bond donors (Lipinski definition) is 2. The molecule has 6 rings (SSSR count). The van der Waals surface area contributed by atoms with Gasteiger partial charge in [-0.1, -0.05) is 53.9 Å². The van der Waals surface area contributed by atoms with E-state index in [1.807, 2.05) is 49.4 Å². The zero-order valence-electron chi connectivity index (χ0n) is 32.3. The molecule has 2 N–H and O–H groups in total. The first-order valence-corrected chi connectivity index (χ1v) is 22.2. The Kier molecular flexibility index (Phi) is 14.4. The normalized spacial score (nSPS) is 16.2. The fourth-order valence-corrected chi connectivity index (χ4v) is 9.50. The Morgan fingerprint density at radius 2 is 1.58 bits per heavy atom. The van der Waals surface area contributed by atoms with Crippen LogP contribution in [0, 0.1) is 6.92 Å². The molecule has 1 saturated heterocycles. The molecule has 0 radical (unpaired) electrons. The van der Waals surface area contributed by atoms with Crippen molar-refractivity contribution in [2.45, 2.75) is 61.3 Å². The molecule has 2 aliphatic rings. The summed E-state index contributed by atoms with van der Waals surface area (Å²) in [6, 6.07) is 31.0. The van der Waals surface area contributed by atoms with E-state index in [4.69, 9.17) is 11.6 Å². The standard InChI is InChI=1S/C44H54ClN5O3S2/c1-33-30-41(22-23-43(33)46-38(24-25-48(2)3)32-54-40-11-7-5-8-12-40)55(52,53)47-44(51)35-16-20-39(21-17-35)50-28-26-49(27-29-50)31-36-10-6-4-9-13-42(36)34-14-18-37(45)19-15-34/h5,7-8,11-12,14-23,30,38,46H,4,6,9-10,13,24-29,31-32H2,1-3H3,(H,47,51)/t38-/m1/s1. The largest absolute Gasteiger partial charge is 0.381 e. The third kappa shape index (κ3) is 11.6. The average Bonchev–Trinajstić information content (AvgIpc) is 3.42. The molecule has 4 aromatic carbocycles. The van der Waals surface area contributed by atoms with Gasteiger partial charge in [0.1, 0.15) is 0 Å². The summed E-state index contributed by atoms with van der Waals surface area (Å²) in [5, 5.41) is 4.41. The van der Waals surface area contributed by atoms with E-state index < -0.39 is 15.9 Å². The van der Waals surface area contributed by atoms with Gasteiger partial charge in [-0.3, -0.25) is 9.69 Å². The lowest BCUT2D eigenvalue weighted by atomic mass is 9.95. The predicted octanol–water partition coefficient (Wildman–Crippen LogP) is 8.83. The molecule has 55 heavy (non-hydrogen) atoms. The molecule has 0 aromatic heterocycles. The second-order valence-electron chi connectivity index (χ2n) is 14.9. The van der Waals surface area contributed by atoms with Gasteiger partial charge in [0.25, 0.3) is 15.9 Å². The number of halogens is 1. The number of allylic oxidation sites excluding steroid dienone is 1. The first kappa shape index (κ1) is 40.9. The van der Waals surface area contributed by atoms with Gasteiger partial charge in [-0.2, -0.15) is 0 Å². The van der Waals surface area contributed by atoms with Crippen LogP contribution in [0.15, 0.2) is 112 Å². The second-order valence-corrected chi connectivity index (χ2v) is 18.1. The van der Waals surface area contributed by atoms with E-state index in [1.54, 1.807) is 47.7 Å². The van der Waals surface area contributed by atoms with Crippen LogP contribution in [0.1, 0.15) is 60.0 Å². The Bertz CT molecular complexity index is 2010. The van der Waals surface area contributed by atoms with Gasteiger partial charge in [0.05, 0.1) is 4.90 Å². The minimum absolute atomic E-state index is 0.0572. The highest BCUT2D eigenvalue weighted by molar-refractivity contribution is 7.99. The summed E-state index contributed by atoms with van der Waals surface area (Å²) in [6.45, 7) is 7.48. The van der Waals surface area contributed by atoms with Crippen molar-refractivity contribution in [2.75, 3.05) is 69.3 Å². The minimum Gasteiger partial charge on any atom is -0.381 e. The van der Waals surface area contributed by atoms with Crippen molar-refractivity contribution in [3.63, 3.8) is 0 Å². The number of benzene rings is 4. The molecule has 1 aliphatic carbocycles. The fraction of sp³-hybridized carbons (Fsp3) is 0.386. The van der Waals surface area contributed by atoms with E-state index in [2.05, 4.69) is 63.1 Å². The summed E-state index contributed by atoms with van der Waals surface area (Å²) >= 11 is 7.99. The van der Waals surface area contributed by atoms with Gasteiger partial charge in [0.2, 0.25) is 0 Å². The summed E-state index contributed by atoms with van der Waals surface area (Å²) in [7, 11) is 0.0435. The zero-order valence-corrected chi connectivity index (χ0v) is 34.7. The van der Waals surface area contributed by atoms with E-state index in [0.717, 1.165) is 86.2 Å². The summed E-state index contributed by atoms with van der Waals surface area (Å²) in [5.74, 6) is 0.221. The number of hydrogen-bond acceptors (Lipinski definition) is 8. The molecule has 1 fully saturated rings. The summed E-state index contributed by atoms with van der Waals surface area (Å²) in [6.07, 6.45) is 6.94. The molecule has 0 unspecified atom stereocenters. The van der Waals surface area contributed by atoms with E-state index >= 15 is 0 Å². The van der Waals surface area contributed by atoms with Crippen molar-refractivity contribution < 1.29 is 13.2 Å². The first-order valence-electron chi connectivity index (χ1n) is 19.4. The summed E-state index contributed by atoms with van der Waals surface area (Å²) in [4.78, 5) is 21.5. The van der Waals surface area contributed by atoms with Crippen molar-refractivity contribution >= 4 is 56.2 Å². The van der Waals surface area contributed by atoms with Crippen LogP contribution in [-0.2, 0) is 10.0 Å². The molecule has 292 valence electrons. The lowest BCUT2D eigenvalue weighted by Gasteiger charge is -2.37. The van der Waals surface area contributed by atoms with Crippen molar-refractivity contribution in [3.8, 4) is 0 Å². The molecule has 1 heterocycles. The van der Waals surface area contributed by atoms with Crippen molar-refractivity contribution in [1.82, 2.24) is 14.5 Å². The van der Waals surface area contributed by atoms with Crippen LogP contribution >= 0.6 is 23.4 Å². The van der Waals surface area contributed by atoms with Crippen LogP contribution in [0.5, 0.6) is 0 Å². The van der Waals surface area contributed by atoms with Crippen molar-refractivity contribution in [3.05, 3.63) is 124 Å². The monoisotopic (exact) mass is 799 g/mol. The highest BCUT2D eigenvalue weighted by Gasteiger charge is 2.23. The lowest BCUT2D eigenvalue weighted by Crippen LogP contribution is -2.47. The quantitative estimate of drug-likeness (QED) is 0.116. The Balaban J connectivity index is 1.03. The highest BCUT2D eigenvalue weighted by Crippen LogP contribution is 2.33.